The fourth-order valence-corrected chi connectivity index (χ4v) is 4.91. The lowest BCUT2D eigenvalue weighted by Crippen LogP contribution is -2.33. The average molecular weight is 285 g/mol. The van der Waals surface area contributed by atoms with Crippen LogP contribution in [0.25, 0.3) is 0 Å². The molecule has 2 nitrogen and oxygen atoms in total. The Labute approximate surface area is 128 Å². The first-order valence-electron chi connectivity index (χ1n) is 8.76. The highest BCUT2D eigenvalue weighted by molar-refractivity contribution is 5.34. The maximum absolute atomic E-state index is 6.64. The lowest BCUT2D eigenvalue weighted by atomic mass is 9.65. The summed E-state index contributed by atoms with van der Waals surface area (Å²) in [4.78, 5) is 0. The topological polar surface area (TPSA) is 35.2 Å². The summed E-state index contributed by atoms with van der Waals surface area (Å²) in [5.41, 5.74) is 10.7. The van der Waals surface area contributed by atoms with Crippen molar-refractivity contribution in [1.82, 2.24) is 0 Å². The predicted molar refractivity (Wildman–Crippen MR) is 84.7 cm³/mol. The normalized spacial score (nSPS) is 33.3. The Kier molecular flexibility index (Phi) is 3.76. The van der Waals surface area contributed by atoms with Crippen molar-refractivity contribution in [2.24, 2.45) is 23.5 Å². The zero-order valence-corrected chi connectivity index (χ0v) is 12.9. The molecule has 0 bridgehead atoms. The fraction of sp³-hybridized carbons (Fsp3) is 0.684. The molecule has 3 aliphatic rings. The fourth-order valence-electron chi connectivity index (χ4n) is 4.91. The molecule has 1 aliphatic heterocycles. The van der Waals surface area contributed by atoms with E-state index in [-0.39, 0.29) is 6.04 Å². The molecule has 0 radical (unpaired) electrons. The van der Waals surface area contributed by atoms with Gasteiger partial charge in [0.15, 0.2) is 0 Å². The molecule has 4 atom stereocenters. The van der Waals surface area contributed by atoms with Gasteiger partial charge in [-0.25, -0.2) is 0 Å². The first kappa shape index (κ1) is 13.8. The van der Waals surface area contributed by atoms with Gasteiger partial charge in [0.25, 0.3) is 0 Å². The Balaban J connectivity index is 1.48. The van der Waals surface area contributed by atoms with Gasteiger partial charge in [0, 0.05) is 6.04 Å². The molecule has 2 fully saturated rings. The van der Waals surface area contributed by atoms with Gasteiger partial charge in [-0.15, -0.1) is 0 Å². The minimum absolute atomic E-state index is 0.221. The van der Waals surface area contributed by atoms with Gasteiger partial charge < -0.3 is 10.5 Å². The summed E-state index contributed by atoms with van der Waals surface area (Å²) in [5, 5.41) is 0. The molecule has 114 valence electrons. The van der Waals surface area contributed by atoms with Crippen molar-refractivity contribution < 1.29 is 4.74 Å². The molecule has 2 N–H and O–H groups in total. The second kappa shape index (κ2) is 5.73. The molecule has 1 aromatic carbocycles. The molecule has 1 heterocycles. The highest BCUT2D eigenvalue weighted by atomic mass is 16.5. The van der Waals surface area contributed by atoms with Crippen LogP contribution in [0.4, 0.5) is 0 Å². The minimum Gasteiger partial charge on any atom is -0.372 e. The van der Waals surface area contributed by atoms with Gasteiger partial charge in [-0.3, -0.25) is 0 Å². The van der Waals surface area contributed by atoms with Crippen LogP contribution in [0.1, 0.15) is 67.7 Å². The largest absolute Gasteiger partial charge is 0.372 e. The van der Waals surface area contributed by atoms with Crippen LogP contribution < -0.4 is 5.73 Å². The van der Waals surface area contributed by atoms with E-state index in [1.54, 1.807) is 0 Å². The maximum Gasteiger partial charge on any atom is 0.0725 e. The van der Waals surface area contributed by atoms with Crippen LogP contribution in [0.15, 0.2) is 18.2 Å². The summed E-state index contributed by atoms with van der Waals surface area (Å²) in [6.45, 7) is 1.54. The molecule has 0 spiro atoms. The van der Waals surface area contributed by atoms with E-state index in [4.69, 9.17) is 10.5 Å². The van der Waals surface area contributed by atoms with Crippen LogP contribution in [0.5, 0.6) is 0 Å². The van der Waals surface area contributed by atoms with Gasteiger partial charge >= 0.3 is 0 Å². The zero-order valence-electron chi connectivity index (χ0n) is 12.9. The summed E-state index contributed by atoms with van der Waals surface area (Å²) in [5.74, 6) is 2.65. The zero-order chi connectivity index (χ0) is 14.2. The molecule has 2 saturated carbocycles. The summed E-state index contributed by atoms with van der Waals surface area (Å²) < 4.78 is 5.52. The lowest BCUT2D eigenvalue weighted by molar-refractivity contribution is 0.117. The molecule has 4 rings (SSSR count). The second-order valence-corrected chi connectivity index (χ2v) is 7.42. The van der Waals surface area contributed by atoms with E-state index in [9.17, 15) is 0 Å². The van der Waals surface area contributed by atoms with Gasteiger partial charge in [0.2, 0.25) is 0 Å². The molecular formula is C19H27NO. The number of ether oxygens (including phenoxy) is 1. The van der Waals surface area contributed by atoms with Crippen molar-refractivity contribution in [3.8, 4) is 0 Å². The highest BCUT2D eigenvalue weighted by Gasteiger charge is 2.34. The number of hydrogen-bond donors (Lipinski definition) is 1. The van der Waals surface area contributed by atoms with E-state index in [0.29, 0.717) is 5.92 Å². The molecule has 0 amide bonds. The Morgan fingerprint density at radius 3 is 2.67 bits per heavy atom. The second-order valence-electron chi connectivity index (χ2n) is 7.42. The number of fused-ring (bicyclic) bond motifs is 2. The third-order valence-corrected chi connectivity index (χ3v) is 6.22. The van der Waals surface area contributed by atoms with Crippen LogP contribution >= 0.6 is 0 Å². The standard InChI is InChI=1S/C19H27NO/c20-19(16-7-8-17-11-21-12-18(17)10-16)15-6-5-13-3-1-2-4-14(13)9-15/h7-8,10,13-15,19H,1-6,9,11-12,20H2. The Morgan fingerprint density at radius 2 is 1.76 bits per heavy atom. The molecular weight excluding hydrogens is 258 g/mol. The monoisotopic (exact) mass is 285 g/mol. The Hall–Kier alpha value is -0.860. The van der Waals surface area contributed by atoms with Gasteiger partial charge in [-0.05, 0) is 53.7 Å². The van der Waals surface area contributed by atoms with Gasteiger partial charge in [-0.2, -0.15) is 0 Å². The summed E-state index contributed by atoms with van der Waals surface area (Å²) >= 11 is 0. The van der Waals surface area contributed by atoms with E-state index in [0.717, 1.165) is 25.0 Å². The van der Waals surface area contributed by atoms with Gasteiger partial charge in [0.05, 0.1) is 13.2 Å². The Bertz CT molecular complexity index is 512. The average Bonchev–Trinajstić information content (AvgIpc) is 3.01. The van der Waals surface area contributed by atoms with E-state index >= 15 is 0 Å². The van der Waals surface area contributed by atoms with Crippen LogP contribution in [-0.2, 0) is 18.0 Å². The maximum atomic E-state index is 6.64. The number of nitrogens with two attached hydrogens (primary N) is 1. The smallest absolute Gasteiger partial charge is 0.0725 e. The van der Waals surface area contributed by atoms with E-state index in [1.165, 1.54) is 61.6 Å². The molecule has 0 aromatic heterocycles. The van der Waals surface area contributed by atoms with E-state index in [2.05, 4.69) is 18.2 Å². The third-order valence-electron chi connectivity index (χ3n) is 6.22. The first-order chi connectivity index (χ1) is 10.3. The van der Waals surface area contributed by atoms with Gasteiger partial charge in [-0.1, -0.05) is 43.9 Å². The SMILES string of the molecule is NC(c1ccc2c(c1)COC2)C1CCC2CCCCC2C1. The predicted octanol–water partition coefficient (Wildman–Crippen LogP) is 4.32. The molecule has 1 aromatic rings. The lowest BCUT2D eigenvalue weighted by Gasteiger charge is -2.41. The number of benzene rings is 1. The molecule has 21 heavy (non-hydrogen) atoms. The summed E-state index contributed by atoms with van der Waals surface area (Å²) in [7, 11) is 0. The van der Waals surface area contributed by atoms with Crippen LogP contribution in [0.2, 0.25) is 0 Å². The summed E-state index contributed by atoms with van der Waals surface area (Å²) in [6, 6.07) is 6.99. The van der Waals surface area contributed by atoms with Crippen molar-refractivity contribution in [1.29, 1.82) is 0 Å². The minimum atomic E-state index is 0.221. The van der Waals surface area contributed by atoms with Crippen LogP contribution in [0, 0.1) is 17.8 Å². The molecule has 2 aliphatic carbocycles. The Morgan fingerprint density at radius 1 is 0.952 bits per heavy atom. The molecule has 2 heteroatoms. The van der Waals surface area contributed by atoms with E-state index < -0.39 is 0 Å². The van der Waals surface area contributed by atoms with Crippen LogP contribution in [0.3, 0.4) is 0 Å². The van der Waals surface area contributed by atoms with Crippen molar-refractivity contribution in [3.63, 3.8) is 0 Å². The van der Waals surface area contributed by atoms with Crippen molar-refractivity contribution in [2.75, 3.05) is 0 Å². The van der Waals surface area contributed by atoms with Gasteiger partial charge in [0.1, 0.15) is 0 Å². The highest BCUT2D eigenvalue weighted by Crippen LogP contribution is 2.45. The van der Waals surface area contributed by atoms with Crippen molar-refractivity contribution in [2.45, 2.75) is 64.2 Å². The number of hydrogen-bond acceptors (Lipinski definition) is 2. The summed E-state index contributed by atoms with van der Waals surface area (Å²) in [6.07, 6.45) is 9.93. The van der Waals surface area contributed by atoms with E-state index in [1.807, 2.05) is 0 Å². The molecule has 0 saturated heterocycles. The molecule has 4 unspecified atom stereocenters. The number of rotatable bonds is 2. The van der Waals surface area contributed by atoms with Crippen molar-refractivity contribution in [3.05, 3.63) is 34.9 Å². The quantitative estimate of drug-likeness (QED) is 0.878. The van der Waals surface area contributed by atoms with Crippen LogP contribution in [-0.4, -0.2) is 0 Å². The first-order valence-corrected chi connectivity index (χ1v) is 8.76. The third kappa shape index (κ3) is 2.64. The van der Waals surface area contributed by atoms with Crippen molar-refractivity contribution >= 4 is 0 Å².